The zero-order valence-corrected chi connectivity index (χ0v) is 16.7. The molecule has 2 unspecified atom stereocenters. The monoisotopic (exact) mass is 379 g/mol. The molecule has 148 valence electrons. The van der Waals surface area contributed by atoms with Gasteiger partial charge in [-0.3, -0.25) is 10.00 Å². The largest absolute Gasteiger partial charge is 0.493 e. The number of aromatic nitrogens is 2. The van der Waals surface area contributed by atoms with Gasteiger partial charge >= 0.3 is 0 Å². The summed E-state index contributed by atoms with van der Waals surface area (Å²) in [6.07, 6.45) is 5.57. The second kappa shape index (κ2) is 8.65. The number of methoxy groups -OCH3 is 1. The van der Waals surface area contributed by atoms with Gasteiger partial charge in [-0.15, -0.1) is 0 Å². The van der Waals surface area contributed by atoms with Crippen LogP contribution in [0.15, 0.2) is 48.5 Å². The lowest BCUT2D eigenvalue weighted by molar-refractivity contribution is -0.0313. The summed E-state index contributed by atoms with van der Waals surface area (Å²) in [4.78, 5) is 2.51. The third-order valence-corrected chi connectivity index (χ3v) is 5.61. The Morgan fingerprint density at radius 3 is 2.71 bits per heavy atom. The molecular formula is C23H29N3O2. The number of hydrogen-bond donors (Lipinski definition) is 1. The molecule has 2 heterocycles. The Kier molecular flexibility index (Phi) is 5.81. The molecule has 2 aromatic carbocycles. The molecule has 5 nitrogen and oxygen atoms in total. The summed E-state index contributed by atoms with van der Waals surface area (Å²) >= 11 is 0. The number of benzene rings is 2. The van der Waals surface area contributed by atoms with Gasteiger partial charge in [0.15, 0.2) is 17.7 Å². The van der Waals surface area contributed by atoms with Crippen LogP contribution in [0, 0.1) is 0 Å². The van der Waals surface area contributed by atoms with Gasteiger partial charge in [0.1, 0.15) is 0 Å². The first-order valence-corrected chi connectivity index (χ1v) is 10.3. The van der Waals surface area contributed by atoms with E-state index in [9.17, 15) is 0 Å². The van der Waals surface area contributed by atoms with Crippen molar-refractivity contribution in [2.24, 2.45) is 0 Å². The van der Waals surface area contributed by atoms with E-state index in [0.29, 0.717) is 0 Å². The molecule has 1 fully saturated rings. The van der Waals surface area contributed by atoms with Crippen LogP contribution in [0.4, 0.5) is 0 Å². The number of para-hydroxylation sites is 3. The number of aromatic amines is 1. The molecule has 1 aliphatic rings. The molecule has 0 spiro atoms. The van der Waals surface area contributed by atoms with Crippen LogP contribution in [0.25, 0.3) is 10.9 Å². The molecule has 1 saturated heterocycles. The average Bonchev–Trinajstić information content (AvgIpc) is 3.18. The number of nitrogens with one attached hydrogen (secondary N) is 1. The van der Waals surface area contributed by atoms with Crippen molar-refractivity contribution in [2.75, 3.05) is 13.7 Å². The van der Waals surface area contributed by atoms with E-state index in [1.54, 1.807) is 7.11 Å². The number of H-pyrrole nitrogens is 1. The van der Waals surface area contributed by atoms with E-state index in [0.717, 1.165) is 42.8 Å². The van der Waals surface area contributed by atoms with Gasteiger partial charge < -0.3 is 9.47 Å². The number of hydrogen-bond acceptors (Lipinski definition) is 4. The van der Waals surface area contributed by atoms with Gasteiger partial charge in [-0.1, -0.05) is 50.1 Å². The average molecular weight is 380 g/mol. The maximum atomic E-state index is 6.52. The van der Waals surface area contributed by atoms with Gasteiger partial charge in [0.05, 0.1) is 24.4 Å². The smallest absolute Gasteiger partial charge is 0.163 e. The molecule has 0 aliphatic carbocycles. The number of rotatable bonds is 7. The maximum absolute atomic E-state index is 6.52. The van der Waals surface area contributed by atoms with Crippen molar-refractivity contribution in [2.45, 2.75) is 51.3 Å². The zero-order chi connectivity index (χ0) is 19.3. The Morgan fingerprint density at radius 1 is 1.11 bits per heavy atom. The van der Waals surface area contributed by atoms with Crippen LogP contribution < -0.4 is 9.47 Å². The summed E-state index contributed by atoms with van der Waals surface area (Å²) in [6, 6.07) is 16.6. The van der Waals surface area contributed by atoms with Crippen LogP contribution in [-0.4, -0.2) is 35.0 Å². The Balaban J connectivity index is 1.65. The van der Waals surface area contributed by atoms with Crippen LogP contribution in [-0.2, 0) is 0 Å². The second-order valence-electron chi connectivity index (χ2n) is 7.42. The van der Waals surface area contributed by atoms with E-state index < -0.39 is 0 Å². The Hall–Kier alpha value is -2.53. The Morgan fingerprint density at radius 2 is 1.89 bits per heavy atom. The van der Waals surface area contributed by atoms with Crippen LogP contribution in [0.3, 0.4) is 0 Å². The van der Waals surface area contributed by atoms with E-state index in [2.05, 4.69) is 40.2 Å². The molecule has 0 radical (unpaired) electrons. The van der Waals surface area contributed by atoms with Gasteiger partial charge in [0, 0.05) is 11.9 Å². The Labute approximate surface area is 166 Å². The lowest BCUT2D eigenvalue weighted by atomic mass is 9.96. The highest BCUT2D eigenvalue weighted by Crippen LogP contribution is 2.37. The predicted octanol–water partition coefficient (Wildman–Crippen LogP) is 5.30. The molecule has 5 heteroatoms. The minimum atomic E-state index is 0.00802. The quantitative estimate of drug-likeness (QED) is 0.605. The molecule has 0 saturated carbocycles. The summed E-state index contributed by atoms with van der Waals surface area (Å²) in [5, 5.41) is 9.07. The number of piperidine rings is 1. The summed E-state index contributed by atoms with van der Waals surface area (Å²) in [6.45, 7) is 3.24. The minimum Gasteiger partial charge on any atom is -0.493 e. The summed E-state index contributed by atoms with van der Waals surface area (Å²) in [7, 11) is 1.69. The number of ether oxygens (including phenoxy) is 2. The van der Waals surface area contributed by atoms with Gasteiger partial charge in [0.2, 0.25) is 0 Å². The van der Waals surface area contributed by atoms with Crippen molar-refractivity contribution in [1.29, 1.82) is 0 Å². The van der Waals surface area contributed by atoms with Gasteiger partial charge in [0.25, 0.3) is 0 Å². The van der Waals surface area contributed by atoms with Gasteiger partial charge in [-0.05, 0) is 37.5 Å². The molecule has 0 amide bonds. The predicted molar refractivity (Wildman–Crippen MR) is 112 cm³/mol. The van der Waals surface area contributed by atoms with Crippen molar-refractivity contribution >= 4 is 10.9 Å². The van der Waals surface area contributed by atoms with E-state index in [1.165, 1.54) is 23.9 Å². The number of likely N-dealkylation sites (tertiary alicyclic amines) is 1. The highest BCUT2D eigenvalue weighted by atomic mass is 16.5. The third kappa shape index (κ3) is 3.72. The third-order valence-electron chi connectivity index (χ3n) is 5.61. The van der Waals surface area contributed by atoms with Crippen LogP contribution in [0.2, 0.25) is 0 Å². The fourth-order valence-electron chi connectivity index (χ4n) is 4.24. The zero-order valence-electron chi connectivity index (χ0n) is 16.7. The topological polar surface area (TPSA) is 50.4 Å². The van der Waals surface area contributed by atoms with Crippen molar-refractivity contribution in [3.8, 4) is 11.5 Å². The van der Waals surface area contributed by atoms with E-state index in [1.807, 2.05) is 30.3 Å². The fraction of sp³-hybridized carbons (Fsp3) is 0.435. The van der Waals surface area contributed by atoms with Gasteiger partial charge in [-0.25, -0.2) is 0 Å². The summed E-state index contributed by atoms with van der Waals surface area (Å²) in [5.41, 5.74) is 2.24. The second-order valence-corrected chi connectivity index (χ2v) is 7.42. The molecule has 1 aliphatic heterocycles. The molecule has 1 N–H and O–H groups in total. The SMILES string of the molecule is CCCC(Oc1ccccc1OC)N1CCCCC1c1[nH]nc2ccccc12. The van der Waals surface area contributed by atoms with E-state index in [-0.39, 0.29) is 12.3 Å². The van der Waals surface area contributed by atoms with Crippen LogP contribution in [0.1, 0.15) is 50.8 Å². The van der Waals surface area contributed by atoms with Crippen molar-refractivity contribution < 1.29 is 9.47 Å². The minimum absolute atomic E-state index is 0.00802. The first-order valence-electron chi connectivity index (χ1n) is 10.3. The molecule has 0 bridgehead atoms. The van der Waals surface area contributed by atoms with Crippen molar-refractivity contribution in [3.63, 3.8) is 0 Å². The van der Waals surface area contributed by atoms with Crippen molar-refractivity contribution in [1.82, 2.24) is 15.1 Å². The van der Waals surface area contributed by atoms with Crippen molar-refractivity contribution in [3.05, 3.63) is 54.2 Å². The Bertz CT molecular complexity index is 908. The van der Waals surface area contributed by atoms with Crippen LogP contribution >= 0.6 is 0 Å². The maximum Gasteiger partial charge on any atom is 0.163 e. The first-order chi connectivity index (χ1) is 13.8. The van der Waals surface area contributed by atoms with E-state index >= 15 is 0 Å². The molecule has 1 aromatic heterocycles. The lowest BCUT2D eigenvalue weighted by Crippen LogP contribution is -2.44. The normalized spacial score (nSPS) is 18.9. The summed E-state index contributed by atoms with van der Waals surface area (Å²) < 4.78 is 12.0. The number of fused-ring (bicyclic) bond motifs is 1. The number of nitrogens with zero attached hydrogens (tertiary/aromatic N) is 2. The van der Waals surface area contributed by atoms with E-state index in [4.69, 9.17) is 9.47 Å². The fourth-order valence-corrected chi connectivity index (χ4v) is 4.24. The first kappa shape index (κ1) is 18.8. The molecule has 28 heavy (non-hydrogen) atoms. The molecule has 4 rings (SSSR count). The summed E-state index contributed by atoms with van der Waals surface area (Å²) in [5.74, 6) is 1.59. The standard InChI is InChI=1S/C23H29N3O2/c1-3-10-22(28-21-15-7-6-14-20(21)27-2)26-16-9-8-13-19(26)23-17-11-4-5-12-18(17)24-25-23/h4-7,11-12,14-15,19,22H,3,8-10,13,16H2,1-2H3,(H,24,25). The molecule has 3 aromatic rings. The lowest BCUT2D eigenvalue weighted by Gasteiger charge is -2.40. The highest BCUT2D eigenvalue weighted by molar-refractivity contribution is 5.81. The highest BCUT2D eigenvalue weighted by Gasteiger charge is 2.33. The van der Waals surface area contributed by atoms with Gasteiger partial charge in [-0.2, -0.15) is 5.10 Å². The molecule has 2 atom stereocenters. The molecular weight excluding hydrogens is 350 g/mol. The van der Waals surface area contributed by atoms with Crippen LogP contribution in [0.5, 0.6) is 11.5 Å².